The number of aliphatic hydroxyl groups excluding tert-OH is 1. The summed E-state index contributed by atoms with van der Waals surface area (Å²) in [6, 6.07) is 2.30. The molecule has 0 spiro atoms. The third kappa shape index (κ3) is 2.43. The van der Waals surface area contributed by atoms with E-state index in [1.165, 1.54) is 0 Å². The molecule has 1 fully saturated rings. The molecule has 3 heteroatoms. The van der Waals surface area contributed by atoms with Crippen LogP contribution in [0.3, 0.4) is 0 Å². The second kappa shape index (κ2) is 4.08. The first-order valence-electron chi connectivity index (χ1n) is 4.87. The zero-order valence-electron chi connectivity index (χ0n) is 8.45. The van der Waals surface area contributed by atoms with Gasteiger partial charge in [-0.3, -0.25) is 4.90 Å². The highest BCUT2D eigenvalue weighted by molar-refractivity contribution is 5.02. The van der Waals surface area contributed by atoms with Crippen molar-refractivity contribution in [2.24, 2.45) is 5.92 Å². The van der Waals surface area contributed by atoms with Crippen molar-refractivity contribution in [3.63, 3.8) is 0 Å². The van der Waals surface area contributed by atoms with Crippen LogP contribution in [0, 0.1) is 17.2 Å². The van der Waals surface area contributed by atoms with Crippen LogP contribution in [-0.4, -0.2) is 35.2 Å². The van der Waals surface area contributed by atoms with Gasteiger partial charge in [-0.2, -0.15) is 5.26 Å². The Kier molecular flexibility index (Phi) is 3.29. The average Bonchev–Trinajstić information content (AvgIpc) is 2.18. The predicted molar refractivity (Wildman–Crippen MR) is 51.1 cm³/mol. The molecule has 1 saturated heterocycles. The van der Waals surface area contributed by atoms with Crippen LogP contribution >= 0.6 is 0 Å². The number of rotatable bonds is 2. The summed E-state index contributed by atoms with van der Waals surface area (Å²) in [5, 5.41) is 18.0. The van der Waals surface area contributed by atoms with Gasteiger partial charge in [-0.05, 0) is 39.2 Å². The van der Waals surface area contributed by atoms with Gasteiger partial charge >= 0.3 is 0 Å². The van der Waals surface area contributed by atoms with Crippen molar-refractivity contribution in [1.82, 2.24) is 4.90 Å². The van der Waals surface area contributed by atoms with Gasteiger partial charge in [-0.15, -0.1) is 0 Å². The van der Waals surface area contributed by atoms with E-state index in [1.807, 2.05) is 13.8 Å². The second-order valence-electron chi connectivity index (χ2n) is 4.31. The molecule has 74 valence electrons. The van der Waals surface area contributed by atoms with Crippen LogP contribution in [0.2, 0.25) is 0 Å². The third-order valence-electron chi connectivity index (χ3n) is 2.84. The van der Waals surface area contributed by atoms with Crippen molar-refractivity contribution >= 4 is 0 Å². The number of likely N-dealkylation sites (tertiary alicyclic amines) is 1. The highest BCUT2D eigenvalue weighted by Crippen LogP contribution is 2.23. The molecule has 0 aromatic heterocycles. The molecule has 0 aromatic rings. The maximum absolute atomic E-state index is 9.04. The van der Waals surface area contributed by atoms with Crippen molar-refractivity contribution < 1.29 is 5.11 Å². The zero-order chi connectivity index (χ0) is 9.90. The lowest BCUT2D eigenvalue weighted by molar-refractivity contribution is 0.0730. The Bertz CT molecular complexity index is 207. The molecule has 0 saturated carbocycles. The topological polar surface area (TPSA) is 47.3 Å². The molecule has 0 aromatic carbocycles. The molecule has 0 bridgehead atoms. The smallest absolute Gasteiger partial charge is 0.103 e. The lowest BCUT2D eigenvalue weighted by Crippen LogP contribution is -2.48. The SMILES string of the molecule is CC(C)(C#N)N1CCCC(CO)C1. The van der Waals surface area contributed by atoms with E-state index in [0.29, 0.717) is 5.92 Å². The highest BCUT2D eigenvalue weighted by atomic mass is 16.3. The minimum atomic E-state index is -0.381. The predicted octanol–water partition coefficient (Wildman–Crippen LogP) is 0.993. The average molecular weight is 182 g/mol. The van der Waals surface area contributed by atoms with Gasteiger partial charge in [-0.1, -0.05) is 0 Å². The van der Waals surface area contributed by atoms with Gasteiger partial charge in [0.25, 0.3) is 0 Å². The highest BCUT2D eigenvalue weighted by Gasteiger charge is 2.30. The van der Waals surface area contributed by atoms with Crippen molar-refractivity contribution in [2.75, 3.05) is 19.7 Å². The first kappa shape index (κ1) is 10.5. The number of hydrogen-bond acceptors (Lipinski definition) is 3. The fraction of sp³-hybridized carbons (Fsp3) is 0.900. The van der Waals surface area contributed by atoms with E-state index in [4.69, 9.17) is 10.4 Å². The summed E-state index contributed by atoms with van der Waals surface area (Å²) in [5.74, 6) is 0.362. The van der Waals surface area contributed by atoms with E-state index >= 15 is 0 Å². The van der Waals surface area contributed by atoms with E-state index in [2.05, 4.69) is 11.0 Å². The van der Waals surface area contributed by atoms with Crippen LogP contribution in [0.1, 0.15) is 26.7 Å². The summed E-state index contributed by atoms with van der Waals surface area (Å²) >= 11 is 0. The first-order valence-corrected chi connectivity index (χ1v) is 4.87. The van der Waals surface area contributed by atoms with E-state index in [0.717, 1.165) is 25.9 Å². The van der Waals surface area contributed by atoms with Crippen molar-refractivity contribution in [1.29, 1.82) is 5.26 Å². The molecular formula is C10H18N2O. The minimum absolute atomic E-state index is 0.248. The summed E-state index contributed by atoms with van der Waals surface area (Å²) in [6.07, 6.45) is 2.19. The summed E-state index contributed by atoms with van der Waals surface area (Å²) in [5.41, 5.74) is -0.381. The fourth-order valence-corrected chi connectivity index (χ4v) is 1.79. The third-order valence-corrected chi connectivity index (χ3v) is 2.84. The molecule has 1 aliphatic rings. The van der Waals surface area contributed by atoms with Gasteiger partial charge in [0.05, 0.1) is 6.07 Å². The summed E-state index contributed by atoms with van der Waals surface area (Å²) in [6.45, 7) is 5.96. The normalized spacial score (nSPS) is 25.5. The van der Waals surface area contributed by atoms with E-state index in [9.17, 15) is 0 Å². The van der Waals surface area contributed by atoms with Crippen molar-refractivity contribution in [2.45, 2.75) is 32.2 Å². The molecule has 3 nitrogen and oxygen atoms in total. The van der Waals surface area contributed by atoms with E-state index < -0.39 is 0 Å². The molecule has 1 N–H and O–H groups in total. The van der Waals surface area contributed by atoms with Gasteiger partial charge in [0, 0.05) is 13.2 Å². The van der Waals surface area contributed by atoms with Crippen LogP contribution in [0.5, 0.6) is 0 Å². The van der Waals surface area contributed by atoms with Crippen LogP contribution < -0.4 is 0 Å². The van der Waals surface area contributed by atoms with Gasteiger partial charge in [-0.25, -0.2) is 0 Å². The molecule has 0 aliphatic carbocycles. The molecule has 1 atom stereocenters. The number of aliphatic hydroxyl groups is 1. The summed E-state index contributed by atoms with van der Waals surface area (Å²) in [4.78, 5) is 2.16. The number of nitrogens with zero attached hydrogens (tertiary/aromatic N) is 2. The molecule has 1 rings (SSSR count). The van der Waals surface area contributed by atoms with Crippen LogP contribution in [0.4, 0.5) is 0 Å². The maximum atomic E-state index is 9.04. The molecule has 1 unspecified atom stereocenters. The van der Waals surface area contributed by atoms with Gasteiger partial charge in [0.15, 0.2) is 0 Å². The molecular weight excluding hydrogens is 164 g/mol. The quantitative estimate of drug-likeness (QED) is 0.693. The Labute approximate surface area is 80.0 Å². The zero-order valence-corrected chi connectivity index (χ0v) is 8.45. The Morgan fingerprint density at radius 3 is 2.85 bits per heavy atom. The molecule has 1 heterocycles. The van der Waals surface area contributed by atoms with Crippen LogP contribution in [0.15, 0.2) is 0 Å². The van der Waals surface area contributed by atoms with Gasteiger partial charge < -0.3 is 5.11 Å². The standard InChI is InChI=1S/C10H18N2O/c1-10(2,8-11)12-5-3-4-9(6-12)7-13/h9,13H,3-7H2,1-2H3. The van der Waals surface area contributed by atoms with Crippen molar-refractivity contribution in [3.05, 3.63) is 0 Å². The molecule has 0 radical (unpaired) electrons. The summed E-state index contributed by atoms with van der Waals surface area (Å²) < 4.78 is 0. The van der Waals surface area contributed by atoms with Gasteiger partial charge in [0.1, 0.15) is 5.54 Å². The molecule has 0 amide bonds. The number of nitriles is 1. The fourth-order valence-electron chi connectivity index (χ4n) is 1.79. The lowest BCUT2D eigenvalue weighted by atomic mass is 9.94. The Morgan fingerprint density at radius 2 is 2.31 bits per heavy atom. The van der Waals surface area contributed by atoms with Crippen LogP contribution in [-0.2, 0) is 0 Å². The number of hydrogen-bond donors (Lipinski definition) is 1. The minimum Gasteiger partial charge on any atom is -0.396 e. The Morgan fingerprint density at radius 1 is 1.62 bits per heavy atom. The molecule has 1 aliphatic heterocycles. The van der Waals surface area contributed by atoms with Crippen LogP contribution in [0.25, 0.3) is 0 Å². The molecule has 13 heavy (non-hydrogen) atoms. The maximum Gasteiger partial charge on any atom is 0.103 e. The number of piperidine rings is 1. The second-order valence-corrected chi connectivity index (χ2v) is 4.31. The first-order chi connectivity index (χ1) is 6.10. The van der Waals surface area contributed by atoms with E-state index in [1.54, 1.807) is 0 Å². The summed E-state index contributed by atoms with van der Waals surface area (Å²) in [7, 11) is 0. The largest absolute Gasteiger partial charge is 0.396 e. The Balaban J connectivity index is 2.57. The van der Waals surface area contributed by atoms with E-state index in [-0.39, 0.29) is 12.1 Å². The van der Waals surface area contributed by atoms with Crippen molar-refractivity contribution in [3.8, 4) is 6.07 Å². The monoisotopic (exact) mass is 182 g/mol. The Hall–Kier alpha value is -0.590. The lowest BCUT2D eigenvalue weighted by Gasteiger charge is -2.39. The van der Waals surface area contributed by atoms with Gasteiger partial charge in [0.2, 0.25) is 0 Å².